The number of nitrogens with zero attached hydrogens (tertiary/aromatic N) is 1. The molecule has 1 N–H and O–H groups in total. The van der Waals surface area contributed by atoms with Gasteiger partial charge in [0.05, 0.1) is 17.8 Å². The SMILES string of the molecule is CCOc1ccccc1C(=O)N(C)CC1(O)CCCC1. The number of rotatable bonds is 5. The van der Waals surface area contributed by atoms with Crippen molar-refractivity contribution in [1.82, 2.24) is 4.90 Å². The minimum absolute atomic E-state index is 0.102. The molecule has 0 aromatic heterocycles. The zero-order valence-electron chi connectivity index (χ0n) is 12.3. The van der Waals surface area contributed by atoms with E-state index in [4.69, 9.17) is 4.74 Å². The molecule has 1 aromatic carbocycles. The molecule has 0 atom stereocenters. The topological polar surface area (TPSA) is 49.8 Å². The Balaban J connectivity index is 2.10. The van der Waals surface area contributed by atoms with Gasteiger partial charge in [0, 0.05) is 13.6 Å². The van der Waals surface area contributed by atoms with E-state index in [2.05, 4.69) is 0 Å². The van der Waals surface area contributed by atoms with Gasteiger partial charge in [0.25, 0.3) is 5.91 Å². The molecule has 0 saturated heterocycles. The van der Waals surface area contributed by atoms with Gasteiger partial charge < -0.3 is 14.7 Å². The van der Waals surface area contributed by atoms with Gasteiger partial charge in [-0.3, -0.25) is 4.79 Å². The Labute approximate surface area is 120 Å². The zero-order chi connectivity index (χ0) is 14.6. The van der Waals surface area contributed by atoms with E-state index in [1.165, 1.54) is 0 Å². The normalized spacial score (nSPS) is 16.9. The molecule has 1 saturated carbocycles. The van der Waals surface area contributed by atoms with Crippen LogP contribution in [0.2, 0.25) is 0 Å². The molecule has 0 aliphatic heterocycles. The van der Waals surface area contributed by atoms with Crippen LogP contribution in [0.1, 0.15) is 43.0 Å². The highest BCUT2D eigenvalue weighted by Crippen LogP contribution is 2.30. The van der Waals surface area contributed by atoms with Crippen molar-refractivity contribution in [3.63, 3.8) is 0 Å². The van der Waals surface area contributed by atoms with Crippen LogP contribution in [0.4, 0.5) is 0 Å². The highest BCUT2D eigenvalue weighted by Gasteiger charge is 2.33. The zero-order valence-corrected chi connectivity index (χ0v) is 12.3. The summed E-state index contributed by atoms with van der Waals surface area (Å²) in [5, 5.41) is 10.4. The lowest BCUT2D eigenvalue weighted by molar-refractivity contribution is 0.0155. The summed E-state index contributed by atoms with van der Waals surface area (Å²) < 4.78 is 5.49. The Kier molecular flexibility index (Phi) is 4.65. The molecule has 0 unspecified atom stereocenters. The second-order valence-corrected chi connectivity index (χ2v) is 5.52. The molecular weight excluding hydrogens is 254 g/mol. The number of amides is 1. The summed E-state index contributed by atoms with van der Waals surface area (Å²) in [6.07, 6.45) is 3.62. The Bertz CT molecular complexity index is 467. The number of para-hydroxylation sites is 1. The third kappa shape index (κ3) is 3.31. The first-order valence-corrected chi connectivity index (χ1v) is 7.25. The summed E-state index contributed by atoms with van der Waals surface area (Å²) in [4.78, 5) is 14.1. The van der Waals surface area contributed by atoms with E-state index in [0.29, 0.717) is 24.5 Å². The van der Waals surface area contributed by atoms with Crippen molar-refractivity contribution in [2.24, 2.45) is 0 Å². The van der Waals surface area contributed by atoms with E-state index in [1.807, 2.05) is 19.1 Å². The molecule has 0 bridgehead atoms. The molecule has 4 nitrogen and oxygen atoms in total. The third-order valence-electron chi connectivity index (χ3n) is 3.83. The Morgan fingerprint density at radius 2 is 2.00 bits per heavy atom. The van der Waals surface area contributed by atoms with Crippen molar-refractivity contribution in [1.29, 1.82) is 0 Å². The fourth-order valence-corrected chi connectivity index (χ4v) is 2.83. The van der Waals surface area contributed by atoms with Crippen LogP contribution in [0.15, 0.2) is 24.3 Å². The maximum Gasteiger partial charge on any atom is 0.257 e. The van der Waals surface area contributed by atoms with E-state index >= 15 is 0 Å². The number of carbonyl (C=O) groups excluding carboxylic acids is 1. The van der Waals surface area contributed by atoms with Gasteiger partial charge in [0.15, 0.2) is 0 Å². The van der Waals surface area contributed by atoms with Crippen molar-refractivity contribution >= 4 is 5.91 Å². The molecule has 20 heavy (non-hydrogen) atoms. The standard InChI is InChI=1S/C16H23NO3/c1-3-20-14-9-5-4-8-13(14)15(18)17(2)12-16(19)10-6-7-11-16/h4-5,8-9,19H,3,6-7,10-12H2,1-2H3. The van der Waals surface area contributed by atoms with Crippen molar-refractivity contribution in [3.8, 4) is 5.75 Å². The van der Waals surface area contributed by atoms with Gasteiger partial charge in [-0.15, -0.1) is 0 Å². The third-order valence-corrected chi connectivity index (χ3v) is 3.83. The predicted octanol–water partition coefficient (Wildman–Crippen LogP) is 2.46. The number of hydrogen-bond donors (Lipinski definition) is 1. The molecule has 4 heteroatoms. The van der Waals surface area contributed by atoms with Gasteiger partial charge in [0.1, 0.15) is 5.75 Å². The van der Waals surface area contributed by atoms with Gasteiger partial charge in [-0.2, -0.15) is 0 Å². The van der Waals surface area contributed by atoms with E-state index in [9.17, 15) is 9.90 Å². The van der Waals surface area contributed by atoms with Gasteiger partial charge in [0.2, 0.25) is 0 Å². The summed E-state index contributed by atoms with van der Waals surface area (Å²) in [7, 11) is 1.74. The van der Waals surface area contributed by atoms with Gasteiger partial charge >= 0.3 is 0 Å². The molecule has 1 fully saturated rings. The Morgan fingerprint density at radius 1 is 1.35 bits per heavy atom. The smallest absolute Gasteiger partial charge is 0.257 e. The van der Waals surface area contributed by atoms with Gasteiger partial charge in [-0.1, -0.05) is 25.0 Å². The van der Waals surface area contributed by atoms with E-state index in [-0.39, 0.29) is 5.91 Å². The van der Waals surface area contributed by atoms with Crippen LogP contribution >= 0.6 is 0 Å². The first-order chi connectivity index (χ1) is 9.56. The molecule has 1 amide bonds. The second kappa shape index (κ2) is 6.27. The lowest BCUT2D eigenvalue weighted by Crippen LogP contribution is -2.42. The van der Waals surface area contributed by atoms with Crippen molar-refractivity contribution < 1.29 is 14.6 Å². The molecule has 0 spiro atoms. The number of aliphatic hydroxyl groups is 1. The molecule has 1 aromatic rings. The molecule has 0 radical (unpaired) electrons. The quantitative estimate of drug-likeness (QED) is 0.899. The molecule has 2 rings (SSSR count). The summed E-state index contributed by atoms with van der Waals surface area (Å²) >= 11 is 0. The average molecular weight is 277 g/mol. The molecule has 0 heterocycles. The monoisotopic (exact) mass is 277 g/mol. The molecular formula is C16H23NO3. The second-order valence-electron chi connectivity index (χ2n) is 5.52. The van der Waals surface area contributed by atoms with Crippen LogP contribution in [0.25, 0.3) is 0 Å². The maximum atomic E-state index is 12.5. The molecule has 1 aliphatic rings. The fraction of sp³-hybridized carbons (Fsp3) is 0.562. The summed E-state index contributed by atoms with van der Waals surface area (Å²) in [5.74, 6) is 0.500. The number of hydrogen-bond acceptors (Lipinski definition) is 3. The van der Waals surface area contributed by atoms with Crippen molar-refractivity contribution in [3.05, 3.63) is 29.8 Å². The van der Waals surface area contributed by atoms with Crippen LogP contribution in [0.5, 0.6) is 5.75 Å². The number of ether oxygens (including phenoxy) is 1. The van der Waals surface area contributed by atoms with E-state index in [0.717, 1.165) is 25.7 Å². The lowest BCUT2D eigenvalue weighted by atomic mass is 10.0. The minimum Gasteiger partial charge on any atom is -0.493 e. The molecule has 110 valence electrons. The van der Waals surface area contributed by atoms with Crippen LogP contribution < -0.4 is 4.74 Å². The number of carbonyl (C=O) groups is 1. The van der Waals surface area contributed by atoms with Crippen LogP contribution in [0, 0.1) is 0 Å². The fourth-order valence-electron chi connectivity index (χ4n) is 2.83. The highest BCUT2D eigenvalue weighted by atomic mass is 16.5. The highest BCUT2D eigenvalue weighted by molar-refractivity contribution is 5.96. The maximum absolute atomic E-state index is 12.5. The first kappa shape index (κ1) is 14.9. The average Bonchev–Trinajstić information content (AvgIpc) is 2.85. The van der Waals surface area contributed by atoms with Crippen LogP contribution in [0.3, 0.4) is 0 Å². The summed E-state index contributed by atoms with van der Waals surface area (Å²) in [6.45, 7) is 2.80. The molecule has 1 aliphatic carbocycles. The summed E-state index contributed by atoms with van der Waals surface area (Å²) in [6, 6.07) is 7.25. The number of likely N-dealkylation sites (N-methyl/N-ethyl adjacent to an activating group) is 1. The van der Waals surface area contributed by atoms with Gasteiger partial charge in [-0.25, -0.2) is 0 Å². The van der Waals surface area contributed by atoms with Gasteiger partial charge in [-0.05, 0) is 31.9 Å². The van der Waals surface area contributed by atoms with Crippen LogP contribution in [-0.2, 0) is 0 Å². The van der Waals surface area contributed by atoms with E-state index in [1.54, 1.807) is 24.1 Å². The summed E-state index contributed by atoms with van der Waals surface area (Å²) in [5.41, 5.74) is -0.163. The lowest BCUT2D eigenvalue weighted by Gasteiger charge is -2.29. The largest absolute Gasteiger partial charge is 0.493 e. The van der Waals surface area contributed by atoms with E-state index < -0.39 is 5.60 Å². The first-order valence-electron chi connectivity index (χ1n) is 7.25. The van der Waals surface area contributed by atoms with Crippen LogP contribution in [-0.4, -0.2) is 41.7 Å². The van der Waals surface area contributed by atoms with Crippen molar-refractivity contribution in [2.45, 2.75) is 38.2 Å². The Hall–Kier alpha value is -1.55. The number of benzene rings is 1. The van der Waals surface area contributed by atoms with Crippen molar-refractivity contribution in [2.75, 3.05) is 20.2 Å². The Morgan fingerprint density at radius 3 is 2.65 bits per heavy atom. The minimum atomic E-state index is -0.717. The predicted molar refractivity (Wildman–Crippen MR) is 78.0 cm³/mol.